The van der Waals surface area contributed by atoms with E-state index in [1.165, 1.54) is 12.1 Å². The molecular weight excluding hydrogens is 416 g/mol. The van der Waals surface area contributed by atoms with Crippen molar-refractivity contribution in [2.45, 2.75) is 6.18 Å². The van der Waals surface area contributed by atoms with Crippen molar-refractivity contribution in [3.63, 3.8) is 0 Å². The molecular formula is C14H9F3O2Tb. The van der Waals surface area contributed by atoms with Gasteiger partial charge in [0.2, 0.25) is 5.76 Å². The number of fused-ring (bicyclic) bond motifs is 1. The van der Waals surface area contributed by atoms with Crippen molar-refractivity contribution in [3.8, 4) is 0 Å². The molecule has 0 saturated carbocycles. The molecule has 0 aliphatic heterocycles. The molecule has 0 unspecified atom stereocenters. The van der Waals surface area contributed by atoms with Crippen molar-refractivity contribution in [2.75, 3.05) is 0 Å². The quantitative estimate of drug-likeness (QED) is 0.449. The van der Waals surface area contributed by atoms with Crippen LogP contribution in [0.5, 0.6) is 0 Å². The second-order valence-electron chi connectivity index (χ2n) is 3.95. The smallest absolute Gasteiger partial charge is 0.448 e. The van der Waals surface area contributed by atoms with Crippen molar-refractivity contribution < 1.29 is 61.7 Å². The summed E-state index contributed by atoms with van der Waals surface area (Å²) in [5.41, 5.74) is 0.0921. The third kappa shape index (κ3) is 3.99. The van der Waals surface area contributed by atoms with Gasteiger partial charge in [0, 0.05) is 50.3 Å². The Morgan fingerprint density at radius 3 is 2.25 bits per heavy atom. The van der Waals surface area contributed by atoms with Crippen LogP contribution in [-0.2, 0) is 0 Å². The summed E-state index contributed by atoms with van der Waals surface area (Å²) in [6.45, 7) is 0. The van der Waals surface area contributed by atoms with E-state index in [1.54, 1.807) is 18.2 Å². The van der Waals surface area contributed by atoms with Crippen LogP contribution >= 0.6 is 0 Å². The first-order valence-electron chi connectivity index (χ1n) is 5.39. The van der Waals surface area contributed by atoms with Gasteiger partial charge in [0.15, 0.2) is 5.78 Å². The van der Waals surface area contributed by atoms with Gasteiger partial charge in [-0.2, -0.15) is 13.2 Å². The number of alkyl halides is 3. The number of hydrogen-bond acceptors (Lipinski definition) is 2. The third-order valence-corrected chi connectivity index (χ3v) is 2.59. The normalized spacial score (nSPS) is 12.1. The van der Waals surface area contributed by atoms with Gasteiger partial charge in [-0.25, -0.2) is 0 Å². The average molecular weight is 425 g/mol. The van der Waals surface area contributed by atoms with E-state index in [-0.39, 0.29) is 50.3 Å². The molecule has 2 aromatic rings. The molecule has 0 aliphatic carbocycles. The number of rotatable bonds is 2. The Kier molecular flexibility index (Phi) is 5.64. The first-order valence-corrected chi connectivity index (χ1v) is 5.39. The van der Waals surface area contributed by atoms with Crippen LogP contribution < -0.4 is 0 Å². The summed E-state index contributed by atoms with van der Waals surface area (Å²) in [5, 5.41) is 10.4. The molecule has 0 heterocycles. The predicted octanol–water partition coefficient (Wildman–Crippen LogP) is 4.03. The molecule has 2 nitrogen and oxygen atoms in total. The maximum absolute atomic E-state index is 12.1. The van der Waals surface area contributed by atoms with Crippen LogP contribution in [0.1, 0.15) is 10.4 Å². The number of allylic oxidation sites excluding steroid dienone is 2. The van der Waals surface area contributed by atoms with Crippen LogP contribution in [0.15, 0.2) is 54.3 Å². The molecule has 0 amide bonds. The van der Waals surface area contributed by atoms with Gasteiger partial charge in [0.05, 0.1) is 0 Å². The fraction of sp³-hybridized carbons (Fsp3) is 0.0714. The second kappa shape index (κ2) is 6.63. The number of hydrogen-bond donors (Lipinski definition) is 1. The van der Waals surface area contributed by atoms with Crippen LogP contribution in [0.3, 0.4) is 0 Å². The van der Waals surface area contributed by atoms with Crippen molar-refractivity contribution in [1.29, 1.82) is 0 Å². The van der Waals surface area contributed by atoms with Crippen molar-refractivity contribution >= 4 is 16.6 Å². The van der Waals surface area contributed by atoms with E-state index in [4.69, 9.17) is 5.11 Å². The van der Waals surface area contributed by atoms with Gasteiger partial charge < -0.3 is 5.11 Å². The zero-order valence-electron chi connectivity index (χ0n) is 9.94. The molecule has 2 rings (SSSR count). The zero-order valence-corrected chi connectivity index (χ0v) is 12.1. The van der Waals surface area contributed by atoms with Gasteiger partial charge in [-0.3, -0.25) is 4.79 Å². The molecule has 20 heavy (non-hydrogen) atoms. The Labute approximate surface area is 143 Å². The number of ketones is 1. The molecule has 6 heteroatoms. The van der Waals surface area contributed by atoms with Gasteiger partial charge >= 0.3 is 6.18 Å². The minimum absolute atomic E-state index is 0. The van der Waals surface area contributed by atoms with Gasteiger partial charge in [-0.1, -0.05) is 36.4 Å². The maximum atomic E-state index is 12.1. The summed E-state index contributed by atoms with van der Waals surface area (Å²) in [6, 6.07) is 11.7. The Bertz CT molecular complexity index is 663. The number of aliphatic hydroxyl groups excluding tert-OH is 1. The summed E-state index contributed by atoms with van der Waals surface area (Å²) < 4.78 is 36.3. The van der Waals surface area contributed by atoms with Crippen LogP contribution in [0.4, 0.5) is 13.2 Å². The van der Waals surface area contributed by atoms with Crippen LogP contribution in [-0.4, -0.2) is 17.1 Å². The van der Waals surface area contributed by atoms with Crippen LogP contribution in [0, 0.1) is 38.6 Å². The molecule has 0 bridgehead atoms. The predicted molar refractivity (Wildman–Crippen MR) is 65.0 cm³/mol. The van der Waals surface area contributed by atoms with E-state index >= 15 is 0 Å². The number of halogens is 3. The SMILES string of the molecule is O=C(/C=C(\O)C(F)(F)F)c1ccc2ccccc2c1.[Tb]. The molecule has 107 valence electrons. The largest absolute Gasteiger partial charge is 0.504 e. The number of carbonyl (C=O) groups is 1. The Balaban J connectivity index is 0.00000200. The number of aliphatic hydroxyl groups is 1. The fourth-order valence-electron chi connectivity index (χ4n) is 1.63. The molecule has 1 radical (unpaired) electrons. The fourth-order valence-corrected chi connectivity index (χ4v) is 1.63. The molecule has 0 aromatic heterocycles. The van der Waals surface area contributed by atoms with Crippen molar-refractivity contribution in [3.05, 3.63) is 59.9 Å². The summed E-state index contributed by atoms with van der Waals surface area (Å²) in [5.74, 6) is -2.79. The maximum Gasteiger partial charge on any atom is 0.448 e. The van der Waals surface area contributed by atoms with Gasteiger partial charge in [0.1, 0.15) is 0 Å². The molecule has 2 aromatic carbocycles. The van der Waals surface area contributed by atoms with E-state index in [9.17, 15) is 18.0 Å². The number of carbonyl (C=O) groups excluding carboxylic acids is 1. The van der Waals surface area contributed by atoms with Gasteiger partial charge in [-0.05, 0) is 16.8 Å². The van der Waals surface area contributed by atoms with Crippen LogP contribution in [0.2, 0.25) is 0 Å². The Morgan fingerprint density at radius 2 is 1.65 bits per heavy atom. The monoisotopic (exact) mass is 425 g/mol. The third-order valence-electron chi connectivity index (χ3n) is 2.59. The summed E-state index contributed by atoms with van der Waals surface area (Å²) in [4.78, 5) is 11.6. The van der Waals surface area contributed by atoms with E-state index < -0.39 is 17.7 Å². The minimum Gasteiger partial charge on any atom is -0.504 e. The minimum atomic E-state index is -4.91. The van der Waals surface area contributed by atoms with Gasteiger partial charge in [-0.15, -0.1) is 0 Å². The van der Waals surface area contributed by atoms with E-state index in [0.29, 0.717) is 0 Å². The first kappa shape index (κ1) is 17.0. The number of benzene rings is 2. The topological polar surface area (TPSA) is 37.3 Å². The average Bonchev–Trinajstić information content (AvgIpc) is 2.37. The molecule has 0 spiro atoms. The van der Waals surface area contributed by atoms with Crippen LogP contribution in [0.25, 0.3) is 10.8 Å². The summed E-state index contributed by atoms with van der Waals surface area (Å²) in [6.07, 6.45) is -4.73. The molecule has 0 fully saturated rings. The molecule has 1 N–H and O–H groups in total. The van der Waals surface area contributed by atoms with E-state index in [0.717, 1.165) is 10.8 Å². The first-order chi connectivity index (χ1) is 8.88. The Morgan fingerprint density at radius 1 is 1.05 bits per heavy atom. The zero-order chi connectivity index (χ0) is 14.0. The summed E-state index contributed by atoms with van der Waals surface area (Å²) >= 11 is 0. The van der Waals surface area contributed by atoms with E-state index in [1.807, 2.05) is 12.1 Å². The standard InChI is InChI=1S/C14H9F3O2.Tb/c15-14(16,17)13(19)8-12(18)11-6-5-9-3-1-2-4-10(9)7-11;/h1-8,19H;/b13-8-;. The molecule has 0 aliphatic rings. The van der Waals surface area contributed by atoms with Gasteiger partial charge in [0.25, 0.3) is 0 Å². The van der Waals surface area contributed by atoms with E-state index in [2.05, 4.69) is 0 Å². The van der Waals surface area contributed by atoms with Crippen molar-refractivity contribution in [2.24, 2.45) is 0 Å². The molecule has 0 atom stereocenters. The second-order valence-corrected chi connectivity index (χ2v) is 3.95. The Hall–Kier alpha value is -1.01. The summed E-state index contributed by atoms with van der Waals surface area (Å²) in [7, 11) is 0. The molecule has 0 saturated heterocycles. The van der Waals surface area contributed by atoms with Crippen molar-refractivity contribution in [1.82, 2.24) is 0 Å².